The van der Waals surface area contributed by atoms with Crippen LogP contribution in [0.2, 0.25) is 0 Å². The Kier molecular flexibility index (Phi) is 5.35. The van der Waals surface area contributed by atoms with E-state index in [-0.39, 0.29) is 25.1 Å². The molecule has 120 valence electrons. The molecule has 2 aromatic rings. The van der Waals surface area contributed by atoms with Crippen LogP contribution >= 0.6 is 0 Å². The predicted molar refractivity (Wildman–Crippen MR) is 79.2 cm³/mol. The van der Waals surface area contributed by atoms with Gasteiger partial charge in [-0.2, -0.15) is 0 Å². The summed E-state index contributed by atoms with van der Waals surface area (Å²) < 4.78 is 27.3. The minimum Gasteiger partial charge on any atom is -0.351 e. The van der Waals surface area contributed by atoms with E-state index in [1.54, 1.807) is 0 Å². The highest BCUT2D eigenvalue weighted by Gasteiger charge is 2.12. The number of benzene rings is 1. The molecule has 1 aromatic heterocycles. The van der Waals surface area contributed by atoms with Crippen LogP contribution in [0.3, 0.4) is 0 Å². The molecule has 7 heteroatoms. The van der Waals surface area contributed by atoms with Crippen LogP contribution in [0, 0.1) is 11.6 Å². The Morgan fingerprint density at radius 1 is 1.22 bits per heavy atom. The highest BCUT2D eigenvalue weighted by atomic mass is 19.2. The van der Waals surface area contributed by atoms with Crippen molar-refractivity contribution in [3.8, 4) is 0 Å². The lowest BCUT2D eigenvalue weighted by atomic mass is 10.2. The lowest BCUT2D eigenvalue weighted by molar-refractivity contribution is -0.107. The molecule has 23 heavy (non-hydrogen) atoms. The monoisotopic (exact) mass is 320 g/mol. The van der Waals surface area contributed by atoms with Crippen molar-refractivity contribution in [3.05, 3.63) is 69.6 Å². The summed E-state index contributed by atoms with van der Waals surface area (Å²) in [4.78, 5) is 34.4. The molecule has 0 fully saturated rings. The highest BCUT2D eigenvalue weighted by molar-refractivity contribution is 5.93. The third-order valence-electron chi connectivity index (χ3n) is 3.15. The van der Waals surface area contributed by atoms with E-state index in [1.165, 1.54) is 29.0 Å². The molecular formula is C16H14F2N2O3. The summed E-state index contributed by atoms with van der Waals surface area (Å²) in [5, 5.41) is 2.46. The number of carbonyl (C=O) groups excluding carboxylic acids is 2. The minimum atomic E-state index is -1.00. The molecule has 1 aromatic carbocycles. The number of aromatic nitrogens is 1. The van der Waals surface area contributed by atoms with Crippen molar-refractivity contribution in [1.82, 2.24) is 9.88 Å². The van der Waals surface area contributed by atoms with Crippen molar-refractivity contribution in [2.75, 3.05) is 6.54 Å². The first-order valence-electron chi connectivity index (χ1n) is 6.88. The predicted octanol–water partition coefficient (Wildman–Crippen LogP) is 1.49. The molecular weight excluding hydrogens is 306 g/mol. The second-order valence-electron chi connectivity index (χ2n) is 4.81. The molecule has 0 bridgehead atoms. The Bertz CT molecular complexity index is 787. The number of carbonyl (C=O) groups is 2. The molecule has 0 aliphatic rings. The Morgan fingerprint density at radius 3 is 2.70 bits per heavy atom. The van der Waals surface area contributed by atoms with E-state index in [0.717, 1.165) is 12.1 Å². The normalized spacial score (nSPS) is 10.3. The third kappa shape index (κ3) is 4.09. The first-order chi connectivity index (χ1) is 11.0. The van der Waals surface area contributed by atoms with E-state index in [9.17, 15) is 23.2 Å². The second kappa shape index (κ2) is 7.44. The standard InChI is InChI=1S/C16H14F2N2O3/c17-13-5-4-11(9-14(13)18)10-20-7-1-3-12(16(20)23)15(22)19-6-2-8-21/h1,3-5,7-9H,2,6,10H2,(H,19,22). The molecule has 1 amide bonds. The molecule has 0 aliphatic heterocycles. The van der Waals surface area contributed by atoms with Crippen LogP contribution in [0.1, 0.15) is 22.3 Å². The lowest BCUT2D eigenvalue weighted by Crippen LogP contribution is -2.33. The maximum absolute atomic E-state index is 13.2. The van der Waals surface area contributed by atoms with Gasteiger partial charge in [0, 0.05) is 19.2 Å². The van der Waals surface area contributed by atoms with E-state index in [1.807, 2.05) is 0 Å². The molecule has 0 radical (unpaired) electrons. The van der Waals surface area contributed by atoms with Crippen molar-refractivity contribution in [3.63, 3.8) is 0 Å². The van der Waals surface area contributed by atoms with Gasteiger partial charge in [-0.15, -0.1) is 0 Å². The molecule has 1 heterocycles. The van der Waals surface area contributed by atoms with E-state index < -0.39 is 23.1 Å². The quantitative estimate of drug-likeness (QED) is 0.648. The zero-order valence-corrected chi connectivity index (χ0v) is 12.1. The van der Waals surface area contributed by atoms with Crippen LogP contribution in [0.15, 0.2) is 41.3 Å². The third-order valence-corrected chi connectivity index (χ3v) is 3.15. The van der Waals surface area contributed by atoms with E-state index in [4.69, 9.17) is 0 Å². The fraction of sp³-hybridized carbons (Fsp3) is 0.188. The number of halogens is 2. The van der Waals surface area contributed by atoms with Gasteiger partial charge in [0.15, 0.2) is 11.6 Å². The summed E-state index contributed by atoms with van der Waals surface area (Å²) in [5.41, 5.74) is -0.244. The van der Waals surface area contributed by atoms with Crippen molar-refractivity contribution >= 4 is 12.2 Å². The zero-order valence-electron chi connectivity index (χ0n) is 12.1. The van der Waals surface area contributed by atoms with Crippen LogP contribution < -0.4 is 10.9 Å². The van der Waals surface area contributed by atoms with Gasteiger partial charge in [0.2, 0.25) is 0 Å². The van der Waals surface area contributed by atoms with Gasteiger partial charge < -0.3 is 14.7 Å². The Morgan fingerprint density at radius 2 is 2.00 bits per heavy atom. The van der Waals surface area contributed by atoms with Gasteiger partial charge in [0.05, 0.1) is 6.54 Å². The first-order valence-corrected chi connectivity index (χ1v) is 6.88. The van der Waals surface area contributed by atoms with Gasteiger partial charge >= 0.3 is 0 Å². The lowest BCUT2D eigenvalue weighted by Gasteiger charge is -2.09. The maximum Gasteiger partial charge on any atom is 0.263 e. The van der Waals surface area contributed by atoms with Crippen LogP contribution in [0.4, 0.5) is 8.78 Å². The van der Waals surface area contributed by atoms with Gasteiger partial charge in [-0.05, 0) is 29.8 Å². The second-order valence-corrected chi connectivity index (χ2v) is 4.81. The van der Waals surface area contributed by atoms with Gasteiger partial charge in [0.1, 0.15) is 11.8 Å². The van der Waals surface area contributed by atoms with Crippen molar-refractivity contribution in [1.29, 1.82) is 0 Å². The Hall–Kier alpha value is -2.83. The minimum absolute atomic E-state index is 0.00545. The van der Waals surface area contributed by atoms with Crippen molar-refractivity contribution in [2.45, 2.75) is 13.0 Å². The fourth-order valence-electron chi connectivity index (χ4n) is 2.01. The van der Waals surface area contributed by atoms with Gasteiger partial charge in [-0.1, -0.05) is 6.07 Å². The fourth-order valence-corrected chi connectivity index (χ4v) is 2.01. The summed E-state index contributed by atoms with van der Waals surface area (Å²) in [7, 11) is 0. The largest absolute Gasteiger partial charge is 0.351 e. The highest BCUT2D eigenvalue weighted by Crippen LogP contribution is 2.09. The van der Waals surface area contributed by atoms with Gasteiger partial charge in [0.25, 0.3) is 11.5 Å². The SMILES string of the molecule is O=CCCNC(=O)c1cccn(Cc2ccc(F)c(F)c2)c1=O. The Labute approximate surface area is 130 Å². The molecule has 0 saturated heterocycles. The number of nitrogens with one attached hydrogen (secondary N) is 1. The number of aldehydes is 1. The molecule has 1 N–H and O–H groups in total. The van der Waals surface area contributed by atoms with E-state index in [0.29, 0.717) is 11.8 Å². The summed E-state index contributed by atoms with van der Waals surface area (Å²) in [6, 6.07) is 6.21. The van der Waals surface area contributed by atoms with Crippen LogP contribution in [-0.4, -0.2) is 23.3 Å². The summed E-state index contributed by atoms with van der Waals surface area (Å²) in [6.07, 6.45) is 2.26. The van der Waals surface area contributed by atoms with E-state index in [2.05, 4.69) is 5.32 Å². The van der Waals surface area contributed by atoms with Gasteiger partial charge in [-0.25, -0.2) is 8.78 Å². The number of hydrogen-bond acceptors (Lipinski definition) is 3. The zero-order chi connectivity index (χ0) is 16.8. The Balaban J connectivity index is 2.22. The maximum atomic E-state index is 13.2. The van der Waals surface area contributed by atoms with Crippen molar-refractivity contribution in [2.24, 2.45) is 0 Å². The number of rotatable bonds is 6. The summed E-state index contributed by atoms with van der Waals surface area (Å²) in [5.74, 6) is -2.56. The van der Waals surface area contributed by atoms with Crippen LogP contribution in [0.5, 0.6) is 0 Å². The molecule has 0 aliphatic carbocycles. The molecule has 2 rings (SSSR count). The van der Waals surface area contributed by atoms with Crippen LogP contribution in [0.25, 0.3) is 0 Å². The van der Waals surface area contributed by atoms with E-state index >= 15 is 0 Å². The smallest absolute Gasteiger partial charge is 0.263 e. The number of amides is 1. The number of pyridine rings is 1. The number of nitrogens with zero attached hydrogens (tertiary/aromatic N) is 1. The molecule has 5 nitrogen and oxygen atoms in total. The molecule has 0 unspecified atom stereocenters. The summed E-state index contributed by atoms with van der Waals surface area (Å²) >= 11 is 0. The average molecular weight is 320 g/mol. The van der Waals surface area contributed by atoms with Crippen molar-refractivity contribution < 1.29 is 18.4 Å². The molecule has 0 saturated carbocycles. The number of hydrogen-bond donors (Lipinski definition) is 1. The van der Waals surface area contributed by atoms with Crippen LogP contribution in [-0.2, 0) is 11.3 Å². The van der Waals surface area contributed by atoms with Gasteiger partial charge in [-0.3, -0.25) is 9.59 Å². The first kappa shape index (κ1) is 16.5. The molecule has 0 atom stereocenters. The summed E-state index contributed by atoms with van der Waals surface area (Å²) in [6.45, 7) is 0.144. The topological polar surface area (TPSA) is 68.2 Å². The average Bonchev–Trinajstić information content (AvgIpc) is 2.53. The molecule has 0 spiro atoms.